The Hall–Kier alpha value is -2.93. The normalized spacial score (nSPS) is 12.3. The zero-order valence-corrected chi connectivity index (χ0v) is 15.5. The van der Waals surface area contributed by atoms with Gasteiger partial charge in [-0.05, 0) is 30.3 Å². The van der Waals surface area contributed by atoms with E-state index in [0.717, 1.165) is 0 Å². The predicted molar refractivity (Wildman–Crippen MR) is 96.6 cm³/mol. The van der Waals surface area contributed by atoms with Gasteiger partial charge in [0.25, 0.3) is 0 Å². The molecule has 27 heavy (non-hydrogen) atoms. The molecular weight excluding hydrogens is 376 g/mol. The van der Waals surface area contributed by atoms with Crippen LogP contribution in [0.1, 0.15) is 20.7 Å². The smallest absolute Gasteiger partial charge is 0.338 e. The van der Waals surface area contributed by atoms with E-state index in [4.69, 9.17) is 35.3 Å². The number of fused-ring (bicyclic) bond motifs is 1. The number of halogens is 1. The molecule has 3 rings (SSSR count). The number of ether oxygens (including phenoxy) is 5. The summed E-state index contributed by atoms with van der Waals surface area (Å²) in [7, 11) is 2.94. The summed E-state index contributed by atoms with van der Waals surface area (Å²) in [6, 6.07) is 7.55. The summed E-state index contributed by atoms with van der Waals surface area (Å²) in [5.41, 5.74) is 0.505. The van der Waals surface area contributed by atoms with Crippen molar-refractivity contribution in [3.05, 3.63) is 46.5 Å². The molecule has 0 fully saturated rings. The summed E-state index contributed by atoms with van der Waals surface area (Å²) < 4.78 is 26.4. The van der Waals surface area contributed by atoms with Gasteiger partial charge in [0.2, 0.25) is 5.75 Å². The molecule has 0 radical (unpaired) electrons. The van der Waals surface area contributed by atoms with Gasteiger partial charge in [-0.1, -0.05) is 11.6 Å². The summed E-state index contributed by atoms with van der Waals surface area (Å²) >= 11 is 6.01. The Balaban J connectivity index is 1.70. The first kappa shape index (κ1) is 18.8. The molecule has 0 atom stereocenters. The molecule has 0 saturated carbocycles. The van der Waals surface area contributed by atoms with E-state index in [1.165, 1.54) is 32.4 Å². The Morgan fingerprint density at radius 1 is 1.00 bits per heavy atom. The fraction of sp³-hybridized carbons (Fsp3) is 0.263. The molecule has 1 heterocycles. The molecule has 0 spiro atoms. The Kier molecular flexibility index (Phi) is 5.71. The average Bonchev–Trinajstić information content (AvgIpc) is 2.70. The topological polar surface area (TPSA) is 80.3 Å². The van der Waals surface area contributed by atoms with Crippen molar-refractivity contribution in [1.29, 1.82) is 0 Å². The average molecular weight is 393 g/mol. The van der Waals surface area contributed by atoms with Crippen LogP contribution < -0.4 is 18.9 Å². The van der Waals surface area contributed by atoms with E-state index in [9.17, 15) is 9.59 Å². The molecule has 8 heteroatoms. The van der Waals surface area contributed by atoms with E-state index in [1.807, 2.05) is 0 Å². The van der Waals surface area contributed by atoms with Crippen molar-refractivity contribution in [3.63, 3.8) is 0 Å². The number of rotatable bonds is 6. The first-order valence-corrected chi connectivity index (χ1v) is 8.42. The molecule has 7 nitrogen and oxygen atoms in total. The van der Waals surface area contributed by atoms with E-state index in [-0.39, 0.29) is 5.56 Å². The van der Waals surface area contributed by atoms with Gasteiger partial charge in [0.15, 0.2) is 23.9 Å². The van der Waals surface area contributed by atoms with E-state index >= 15 is 0 Å². The number of Topliss-reactive ketones (excluding diaryl/α,β-unsaturated/α-hetero) is 1. The third kappa shape index (κ3) is 4.09. The molecule has 0 bridgehead atoms. The van der Waals surface area contributed by atoms with Crippen molar-refractivity contribution in [2.75, 3.05) is 34.0 Å². The number of methoxy groups -OCH3 is 2. The van der Waals surface area contributed by atoms with Crippen LogP contribution in [0.15, 0.2) is 30.3 Å². The number of esters is 1. The van der Waals surface area contributed by atoms with Crippen molar-refractivity contribution >= 4 is 23.4 Å². The maximum Gasteiger partial charge on any atom is 0.338 e. The van der Waals surface area contributed by atoms with Crippen molar-refractivity contribution < 1.29 is 33.3 Å². The first-order valence-electron chi connectivity index (χ1n) is 8.05. The Bertz CT molecular complexity index is 861. The summed E-state index contributed by atoms with van der Waals surface area (Å²) in [4.78, 5) is 24.6. The van der Waals surface area contributed by atoms with Crippen LogP contribution in [0.2, 0.25) is 5.02 Å². The second kappa shape index (κ2) is 8.18. The lowest BCUT2D eigenvalue weighted by Gasteiger charge is -2.21. The lowest BCUT2D eigenvalue weighted by Crippen LogP contribution is -2.18. The largest absolute Gasteiger partial charge is 0.495 e. The van der Waals surface area contributed by atoms with Crippen LogP contribution in [-0.2, 0) is 4.74 Å². The number of benzene rings is 2. The molecule has 0 amide bonds. The first-order chi connectivity index (χ1) is 13.0. The molecule has 142 valence electrons. The number of hydrogen-bond donors (Lipinski definition) is 0. The summed E-state index contributed by atoms with van der Waals surface area (Å²) in [5, 5.41) is 0.297. The molecule has 0 aromatic heterocycles. The Morgan fingerprint density at radius 3 is 2.44 bits per heavy atom. The van der Waals surface area contributed by atoms with Crippen LogP contribution in [0, 0.1) is 0 Å². The molecule has 0 N–H and O–H groups in total. The predicted octanol–water partition coefficient (Wildman–Crippen LogP) is 3.17. The fourth-order valence-corrected chi connectivity index (χ4v) is 2.79. The fourth-order valence-electron chi connectivity index (χ4n) is 2.53. The summed E-state index contributed by atoms with van der Waals surface area (Å²) in [6.45, 7) is 0.329. The van der Waals surface area contributed by atoms with Crippen molar-refractivity contribution in [3.8, 4) is 23.0 Å². The number of carbonyl (C=O) groups is 2. The van der Waals surface area contributed by atoms with Crippen LogP contribution in [0.5, 0.6) is 23.0 Å². The van der Waals surface area contributed by atoms with E-state index in [0.29, 0.717) is 46.8 Å². The molecule has 0 aliphatic carbocycles. The highest BCUT2D eigenvalue weighted by Gasteiger charge is 2.22. The molecular formula is C19H17ClO7. The highest BCUT2D eigenvalue weighted by Crippen LogP contribution is 2.40. The Morgan fingerprint density at radius 2 is 1.74 bits per heavy atom. The minimum Gasteiger partial charge on any atom is -0.495 e. The highest BCUT2D eigenvalue weighted by molar-refractivity contribution is 6.32. The van der Waals surface area contributed by atoms with Gasteiger partial charge in [-0.2, -0.15) is 0 Å². The number of carbonyl (C=O) groups excluding carboxylic acids is 2. The van der Waals surface area contributed by atoms with E-state index in [1.54, 1.807) is 12.1 Å². The molecule has 1 aliphatic rings. The van der Waals surface area contributed by atoms with Gasteiger partial charge in [0.05, 0.1) is 24.8 Å². The Labute approximate surface area is 160 Å². The van der Waals surface area contributed by atoms with E-state index in [2.05, 4.69) is 0 Å². The SMILES string of the molecule is COc1ccc(C(=O)COC(=O)c2cc(OC)c3c(c2)OCCO3)cc1Cl. The third-order valence-corrected chi connectivity index (χ3v) is 4.17. The zero-order valence-electron chi connectivity index (χ0n) is 14.7. The second-order valence-electron chi connectivity index (χ2n) is 5.55. The monoisotopic (exact) mass is 392 g/mol. The maximum absolute atomic E-state index is 12.3. The minimum absolute atomic E-state index is 0.191. The van der Waals surface area contributed by atoms with Gasteiger partial charge in [0.1, 0.15) is 19.0 Å². The van der Waals surface area contributed by atoms with Gasteiger partial charge in [0, 0.05) is 5.56 Å². The number of ketones is 1. The van der Waals surface area contributed by atoms with Crippen LogP contribution in [0.4, 0.5) is 0 Å². The van der Waals surface area contributed by atoms with E-state index < -0.39 is 18.4 Å². The zero-order chi connectivity index (χ0) is 19.4. The summed E-state index contributed by atoms with van der Waals surface area (Å²) in [5.74, 6) is 0.557. The van der Waals surface area contributed by atoms with Crippen molar-refractivity contribution in [2.45, 2.75) is 0 Å². The third-order valence-electron chi connectivity index (χ3n) is 3.87. The van der Waals surface area contributed by atoms with Gasteiger partial charge in [-0.3, -0.25) is 4.79 Å². The quantitative estimate of drug-likeness (QED) is 0.551. The minimum atomic E-state index is -0.682. The number of hydrogen-bond acceptors (Lipinski definition) is 7. The van der Waals surface area contributed by atoms with Crippen molar-refractivity contribution in [2.24, 2.45) is 0 Å². The second-order valence-corrected chi connectivity index (χ2v) is 5.96. The van der Waals surface area contributed by atoms with Crippen LogP contribution >= 0.6 is 11.6 Å². The maximum atomic E-state index is 12.3. The lowest BCUT2D eigenvalue weighted by atomic mass is 10.1. The highest BCUT2D eigenvalue weighted by atomic mass is 35.5. The molecule has 2 aromatic rings. The molecule has 2 aromatic carbocycles. The van der Waals surface area contributed by atoms with Crippen LogP contribution in [0.25, 0.3) is 0 Å². The van der Waals surface area contributed by atoms with Gasteiger partial charge in [-0.15, -0.1) is 0 Å². The standard InChI is InChI=1S/C19H17ClO7/c1-23-15-4-3-11(7-13(15)20)14(21)10-27-19(22)12-8-16(24-2)18-17(9-12)25-5-6-26-18/h3-4,7-9H,5-6,10H2,1-2H3. The van der Waals surface area contributed by atoms with Gasteiger partial charge in [-0.25, -0.2) is 4.79 Å². The summed E-state index contributed by atoms with van der Waals surface area (Å²) in [6.07, 6.45) is 0. The molecule has 0 saturated heterocycles. The lowest BCUT2D eigenvalue weighted by molar-refractivity contribution is 0.0473. The van der Waals surface area contributed by atoms with Crippen molar-refractivity contribution in [1.82, 2.24) is 0 Å². The molecule has 1 aliphatic heterocycles. The van der Waals surface area contributed by atoms with Gasteiger partial charge < -0.3 is 23.7 Å². The molecule has 0 unspecified atom stereocenters. The van der Waals surface area contributed by atoms with Crippen LogP contribution in [0.3, 0.4) is 0 Å². The van der Waals surface area contributed by atoms with Crippen LogP contribution in [-0.4, -0.2) is 45.8 Å². The van der Waals surface area contributed by atoms with Gasteiger partial charge >= 0.3 is 5.97 Å².